The van der Waals surface area contributed by atoms with Crippen LogP contribution in [0.1, 0.15) is 43.1 Å². The van der Waals surface area contributed by atoms with E-state index in [1.165, 1.54) is 5.56 Å². The Bertz CT molecular complexity index is 499. The zero-order valence-electron chi connectivity index (χ0n) is 13.0. The van der Waals surface area contributed by atoms with Gasteiger partial charge in [0.2, 0.25) is 5.91 Å². The standard InChI is InChI=1S/C17H24N2O2/c1-5-11-18-15(20)10-12-19-16(21)13-6-8-14(9-7-13)17(2,3)4/h5-9H,1,10-12H2,2-4H3,(H,18,20)(H,19,21). The fourth-order valence-electron chi connectivity index (χ4n) is 1.79. The molecule has 0 aliphatic rings. The first-order valence-corrected chi connectivity index (χ1v) is 7.11. The first-order chi connectivity index (χ1) is 9.84. The average Bonchev–Trinajstić information content (AvgIpc) is 2.44. The predicted molar refractivity (Wildman–Crippen MR) is 85.3 cm³/mol. The van der Waals surface area contributed by atoms with Crippen LogP contribution in [0.4, 0.5) is 0 Å². The third-order valence-corrected chi connectivity index (χ3v) is 3.09. The highest BCUT2D eigenvalue weighted by Gasteiger charge is 2.14. The lowest BCUT2D eigenvalue weighted by atomic mass is 9.87. The summed E-state index contributed by atoms with van der Waals surface area (Å²) in [6.45, 7) is 10.7. The Kier molecular flexibility index (Phi) is 6.15. The van der Waals surface area contributed by atoms with Crippen LogP contribution in [-0.2, 0) is 10.2 Å². The van der Waals surface area contributed by atoms with Crippen LogP contribution in [0.3, 0.4) is 0 Å². The van der Waals surface area contributed by atoms with Gasteiger partial charge in [0.05, 0.1) is 0 Å². The molecule has 0 fully saturated rings. The Morgan fingerprint density at radius 1 is 1.14 bits per heavy atom. The molecule has 2 amide bonds. The quantitative estimate of drug-likeness (QED) is 0.790. The molecule has 4 heteroatoms. The molecule has 114 valence electrons. The highest BCUT2D eigenvalue weighted by atomic mass is 16.2. The topological polar surface area (TPSA) is 58.2 Å². The van der Waals surface area contributed by atoms with E-state index in [2.05, 4.69) is 38.0 Å². The van der Waals surface area contributed by atoms with Crippen LogP contribution in [-0.4, -0.2) is 24.9 Å². The molecule has 0 aliphatic carbocycles. The molecule has 0 radical (unpaired) electrons. The van der Waals surface area contributed by atoms with E-state index < -0.39 is 0 Å². The third kappa shape index (κ3) is 5.81. The fourth-order valence-corrected chi connectivity index (χ4v) is 1.79. The predicted octanol–water partition coefficient (Wildman–Crippen LogP) is 2.41. The van der Waals surface area contributed by atoms with E-state index >= 15 is 0 Å². The van der Waals surface area contributed by atoms with Gasteiger partial charge in [-0.1, -0.05) is 39.0 Å². The van der Waals surface area contributed by atoms with Gasteiger partial charge in [-0.25, -0.2) is 0 Å². The summed E-state index contributed by atoms with van der Waals surface area (Å²) in [6.07, 6.45) is 1.88. The minimum Gasteiger partial charge on any atom is -0.353 e. The van der Waals surface area contributed by atoms with E-state index in [1.54, 1.807) is 6.08 Å². The Morgan fingerprint density at radius 3 is 2.29 bits per heavy atom. The monoisotopic (exact) mass is 288 g/mol. The van der Waals surface area contributed by atoms with Crippen LogP contribution < -0.4 is 10.6 Å². The van der Waals surface area contributed by atoms with Gasteiger partial charge in [0, 0.05) is 25.1 Å². The number of rotatable bonds is 6. The number of benzene rings is 1. The van der Waals surface area contributed by atoms with Crippen molar-refractivity contribution in [1.82, 2.24) is 10.6 Å². The minimum absolute atomic E-state index is 0.0677. The van der Waals surface area contributed by atoms with Crippen molar-refractivity contribution in [3.05, 3.63) is 48.0 Å². The lowest BCUT2D eigenvalue weighted by Crippen LogP contribution is -2.30. The molecule has 4 nitrogen and oxygen atoms in total. The molecule has 0 spiro atoms. The second-order valence-corrected chi connectivity index (χ2v) is 5.93. The van der Waals surface area contributed by atoms with Gasteiger partial charge < -0.3 is 10.6 Å². The molecule has 0 bridgehead atoms. The zero-order valence-corrected chi connectivity index (χ0v) is 13.0. The summed E-state index contributed by atoms with van der Waals surface area (Å²) in [5, 5.41) is 5.40. The van der Waals surface area contributed by atoms with Gasteiger partial charge in [0.1, 0.15) is 0 Å². The van der Waals surface area contributed by atoms with Gasteiger partial charge >= 0.3 is 0 Å². The largest absolute Gasteiger partial charge is 0.353 e. The van der Waals surface area contributed by atoms with E-state index in [1.807, 2.05) is 24.3 Å². The number of amides is 2. The van der Waals surface area contributed by atoms with Crippen molar-refractivity contribution in [2.45, 2.75) is 32.6 Å². The molecule has 1 aromatic carbocycles. The first-order valence-electron chi connectivity index (χ1n) is 7.11. The van der Waals surface area contributed by atoms with Crippen molar-refractivity contribution < 1.29 is 9.59 Å². The van der Waals surface area contributed by atoms with Gasteiger partial charge in [-0.2, -0.15) is 0 Å². The van der Waals surface area contributed by atoms with Crippen LogP contribution in [0.5, 0.6) is 0 Å². The summed E-state index contributed by atoms with van der Waals surface area (Å²) in [4.78, 5) is 23.3. The van der Waals surface area contributed by atoms with Crippen LogP contribution in [0.15, 0.2) is 36.9 Å². The minimum atomic E-state index is -0.160. The second kappa shape index (κ2) is 7.62. The molecule has 0 unspecified atom stereocenters. The van der Waals surface area contributed by atoms with Crippen LogP contribution in [0.2, 0.25) is 0 Å². The SMILES string of the molecule is C=CCNC(=O)CCNC(=O)c1ccc(C(C)(C)C)cc1. The van der Waals surface area contributed by atoms with E-state index in [-0.39, 0.29) is 23.7 Å². The van der Waals surface area contributed by atoms with Crippen molar-refractivity contribution in [2.24, 2.45) is 0 Å². The maximum atomic E-state index is 11.9. The Morgan fingerprint density at radius 2 is 1.76 bits per heavy atom. The number of hydrogen-bond donors (Lipinski definition) is 2. The Labute approximate surface area is 126 Å². The molecule has 2 N–H and O–H groups in total. The van der Waals surface area contributed by atoms with Crippen molar-refractivity contribution in [2.75, 3.05) is 13.1 Å². The molecule has 21 heavy (non-hydrogen) atoms. The van der Waals surface area contributed by atoms with E-state index in [0.717, 1.165) is 0 Å². The highest BCUT2D eigenvalue weighted by molar-refractivity contribution is 5.94. The highest BCUT2D eigenvalue weighted by Crippen LogP contribution is 2.22. The van der Waals surface area contributed by atoms with Crippen LogP contribution in [0.25, 0.3) is 0 Å². The smallest absolute Gasteiger partial charge is 0.251 e. The molecular weight excluding hydrogens is 264 g/mol. The molecule has 0 aromatic heterocycles. The van der Waals surface area contributed by atoms with Crippen molar-refractivity contribution in [3.8, 4) is 0 Å². The Balaban J connectivity index is 2.45. The lowest BCUT2D eigenvalue weighted by Gasteiger charge is -2.19. The van der Waals surface area contributed by atoms with Gasteiger partial charge in [-0.3, -0.25) is 9.59 Å². The number of hydrogen-bond acceptors (Lipinski definition) is 2. The van der Waals surface area contributed by atoms with Gasteiger partial charge in [-0.15, -0.1) is 6.58 Å². The number of carbonyl (C=O) groups excluding carboxylic acids is 2. The molecule has 0 aliphatic heterocycles. The van der Waals surface area contributed by atoms with Crippen LogP contribution in [0, 0.1) is 0 Å². The summed E-state index contributed by atoms with van der Waals surface area (Å²) in [6, 6.07) is 7.55. The van der Waals surface area contributed by atoms with Crippen molar-refractivity contribution in [3.63, 3.8) is 0 Å². The fraction of sp³-hybridized carbons (Fsp3) is 0.412. The molecule has 0 saturated heterocycles. The average molecular weight is 288 g/mol. The van der Waals surface area contributed by atoms with Gasteiger partial charge in [0.15, 0.2) is 0 Å². The molecule has 0 atom stereocenters. The van der Waals surface area contributed by atoms with E-state index in [0.29, 0.717) is 18.7 Å². The van der Waals surface area contributed by atoms with Crippen molar-refractivity contribution in [1.29, 1.82) is 0 Å². The normalized spacial score (nSPS) is 10.8. The summed E-state index contributed by atoms with van der Waals surface area (Å²) in [5.74, 6) is -0.259. The number of carbonyl (C=O) groups is 2. The second-order valence-electron chi connectivity index (χ2n) is 5.93. The third-order valence-electron chi connectivity index (χ3n) is 3.09. The summed E-state index contributed by atoms with van der Waals surface area (Å²) >= 11 is 0. The number of nitrogens with one attached hydrogen (secondary N) is 2. The van der Waals surface area contributed by atoms with Gasteiger partial charge in [0.25, 0.3) is 5.91 Å². The molecule has 0 heterocycles. The molecular formula is C17H24N2O2. The van der Waals surface area contributed by atoms with E-state index in [9.17, 15) is 9.59 Å². The maximum absolute atomic E-state index is 11.9. The molecule has 1 aromatic rings. The van der Waals surface area contributed by atoms with Gasteiger partial charge in [-0.05, 0) is 23.1 Å². The van der Waals surface area contributed by atoms with Crippen molar-refractivity contribution >= 4 is 11.8 Å². The summed E-state index contributed by atoms with van der Waals surface area (Å²) < 4.78 is 0. The zero-order chi connectivity index (χ0) is 15.9. The Hall–Kier alpha value is -2.10. The maximum Gasteiger partial charge on any atom is 0.251 e. The lowest BCUT2D eigenvalue weighted by molar-refractivity contribution is -0.120. The van der Waals surface area contributed by atoms with E-state index in [4.69, 9.17) is 0 Å². The molecule has 0 saturated carbocycles. The summed E-state index contributed by atoms with van der Waals surface area (Å²) in [7, 11) is 0. The van der Waals surface area contributed by atoms with Crippen LogP contribution >= 0.6 is 0 Å². The first kappa shape index (κ1) is 17.0. The molecule has 1 rings (SSSR count). The summed E-state index contributed by atoms with van der Waals surface area (Å²) in [5.41, 5.74) is 1.86.